The van der Waals surface area contributed by atoms with Gasteiger partial charge in [0.15, 0.2) is 0 Å². The van der Waals surface area contributed by atoms with E-state index in [1.807, 2.05) is 22.6 Å². The molecule has 0 atom stereocenters. The summed E-state index contributed by atoms with van der Waals surface area (Å²) in [5, 5.41) is 3.39. The van der Waals surface area contributed by atoms with Crippen molar-refractivity contribution in [3.05, 3.63) is 31.3 Å². The van der Waals surface area contributed by atoms with Crippen molar-refractivity contribution in [2.24, 2.45) is 0 Å². The van der Waals surface area contributed by atoms with Crippen LogP contribution in [0.3, 0.4) is 0 Å². The zero-order valence-corrected chi connectivity index (χ0v) is 10.4. The van der Waals surface area contributed by atoms with E-state index >= 15 is 0 Å². The van der Waals surface area contributed by atoms with Crippen LogP contribution in [0.2, 0.25) is 10.0 Å². The smallest absolute Gasteiger partial charge is 0.251 e. The lowest BCUT2D eigenvalue weighted by molar-refractivity contribution is 0.0963. The van der Waals surface area contributed by atoms with Crippen molar-refractivity contribution in [1.82, 2.24) is 5.32 Å². The minimum absolute atomic E-state index is 0.170. The van der Waals surface area contributed by atoms with Crippen molar-refractivity contribution in [2.45, 2.75) is 0 Å². The molecule has 0 heterocycles. The van der Waals surface area contributed by atoms with Crippen LogP contribution in [0, 0.1) is 3.57 Å². The summed E-state index contributed by atoms with van der Waals surface area (Å²) in [5.41, 5.74) is 0.515. The molecule has 0 unspecified atom stereocenters. The van der Waals surface area contributed by atoms with Crippen LogP contribution in [0.4, 0.5) is 0 Å². The van der Waals surface area contributed by atoms with Crippen LogP contribution in [-0.2, 0) is 0 Å². The predicted molar refractivity (Wildman–Crippen MR) is 62.6 cm³/mol. The van der Waals surface area contributed by atoms with Gasteiger partial charge in [0.1, 0.15) is 0 Å². The molecule has 0 spiro atoms. The third-order valence-corrected chi connectivity index (χ3v) is 3.44. The number of benzene rings is 1. The molecule has 0 aliphatic carbocycles. The van der Waals surface area contributed by atoms with Gasteiger partial charge in [-0.1, -0.05) is 23.2 Å². The summed E-state index contributed by atoms with van der Waals surface area (Å²) in [6, 6.07) is 3.23. The highest BCUT2D eigenvalue weighted by atomic mass is 127. The molecule has 2 nitrogen and oxygen atoms in total. The molecule has 1 rings (SSSR count). The Morgan fingerprint density at radius 3 is 2.54 bits per heavy atom. The molecule has 0 fully saturated rings. The molecule has 5 heteroatoms. The SMILES string of the molecule is CNC(=O)c1cc(Cl)c(Cl)c(I)c1. The number of halogens is 3. The van der Waals surface area contributed by atoms with Gasteiger partial charge in [-0.05, 0) is 34.7 Å². The van der Waals surface area contributed by atoms with E-state index in [1.165, 1.54) is 0 Å². The van der Waals surface area contributed by atoms with Gasteiger partial charge >= 0.3 is 0 Å². The van der Waals surface area contributed by atoms with E-state index in [-0.39, 0.29) is 5.91 Å². The molecule has 0 aromatic heterocycles. The van der Waals surface area contributed by atoms with Gasteiger partial charge in [-0.25, -0.2) is 0 Å². The molecule has 70 valence electrons. The normalized spacial score (nSPS) is 9.85. The van der Waals surface area contributed by atoms with Crippen molar-refractivity contribution in [1.29, 1.82) is 0 Å². The first-order valence-corrected chi connectivity index (χ1v) is 5.26. The second-order valence-corrected chi connectivity index (χ2v) is 4.28. The Balaban J connectivity index is 3.20. The molecule has 0 saturated heterocycles. The number of carbonyl (C=O) groups is 1. The number of hydrogen-bond donors (Lipinski definition) is 1. The van der Waals surface area contributed by atoms with Crippen LogP contribution in [0.1, 0.15) is 10.4 Å². The van der Waals surface area contributed by atoms with Gasteiger partial charge in [0.2, 0.25) is 0 Å². The summed E-state index contributed by atoms with van der Waals surface area (Å²) in [6.45, 7) is 0. The standard InChI is InChI=1S/C8H6Cl2INO/c1-12-8(13)4-2-5(9)7(10)6(11)3-4/h2-3H,1H3,(H,12,13). The number of nitrogens with one attached hydrogen (secondary N) is 1. The Bertz CT molecular complexity index is 331. The Morgan fingerprint density at radius 1 is 1.46 bits per heavy atom. The Kier molecular flexibility index (Phi) is 3.82. The molecule has 1 N–H and O–H groups in total. The molecular formula is C8H6Cl2INO. The lowest BCUT2D eigenvalue weighted by Gasteiger charge is -2.03. The average molecular weight is 330 g/mol. The van der Waals surface area contributed by atoms with Crippen LogP contribution >= 0.6 is 45.8 Å². The van der Waals surface area contributed by atoms with Crippen molar-refractivity contribution in [3.8, 4) is 0 Å². The van der Waals surface area contributed by atoms with Crippen LogP contribution in [-0.4, -0.2) is 13.0 Å². The lowest BCUT2D eigenvalue weighted by Crippen LogP contribution is -2.17. The van der Waals surface area contributed by atoms with E-state index in [1.54, 1.807) is 19.2 Å². The zero-order valence-electron chi connectivity index (χ0n) is 6.70. The van der Waals surface area contributed by atoms with Crippen LogP contribution < -0.4 is 5.32 Å². The second-order valence-electron chi connectivity index (χ2n) is 2.33. The fourth-order valence-corrected chi connectivity index (χ4v) is 1.94. The molecule has 0 saturated carbocycles. The maximum atomic E-state index is 11.2. The summed E-state index contributed by atoms with van der Waals surface area (Å²) >= 11 is 13.7. The molecule has 1 aromatic rings. The Morgan fingerprint density at radius 2 is 2.08 bits per heavy atom. The monoisotopic (exact) mass is 329 g/mol. The largest absolute Gasteiger partial charge is 0.355 e. The fraction of sp³-hybridized carbons (Fsp3) is 0.125. The van der Waals surface area contributed by atoms with Gasteiger partial charge in [0.05, 0.1) is 10.0 Å². The third kappa shape index (κ3) is 2.48. The first-order chi connectivity index (χ1) is 6.06. The molecule has 0 aliphatic heterocycles. The van der Waals surface area contributed by atoms with Gasteiger partial charge in [-0.15, -0.1) is 0 Å². The van der Waals surface area contributed by atoms with Crippen molar-refractivity contribution in [3.63, 3.8) is 0 Å². The topological polar surface area (TPSA) is 29.1 Å². The number of carbonyl (C=O) groups excluding carboxylic acids is 1. The lowest BCUT2D eigenvalue weighted by atomic mass is 10.2. The van der Waals surface area contributed by atoms with E-state index in [9.17, 15) is 4.79 Å². The van der Waals surface area contributed by atoms with E-state index in [4.69, 9.17) is 23.2 Å². The zero-order chi connectivity index (χ0) is 10.0. The highest BCUT2D eigenvalue weighted by Gasteiger charge is 2.09. The molecule has 1 amide bonds. The third-order valence-electron chi connectivity index (χ3n) is 1.47. The molecule has 0 radical (unpaired) electrons. The van der Waals surface area contributed by atoms with Crippen molar-refractivity contribution in [2.75, 3.05) is 7.05 Å². The molecule has 1 aromatic carbocycles. The first-order valence-electron chi connectivity index (χ1n) is 3.43. The van der Waals surface area contributed by atoms with Crippen molar-refractivity contribution < 1.29 is 4.79 Å². The molecule has 13 heavy (non-hydrogen) atoms. The van der Waals surface area contributed by atoms with E-state index in [2.05, 4.69) is 5.32 Å². The Labute approximate surface area is 99.7 Å². The number of rotatable bonds is 1. The van der Waals surface area contributed by atoms with E-state index < -0.39 is 0 Å². The van der Waals surface area contributed by atoms with Crippen molar-refractivity contribution >= 4 is 51.7 Å². The van der Waals surface area contributed by atoms with Crippen LogP contribution in [0.25, 0.3) is 0 Å². The summed E-state index contributed by atoms with van der Waals surface area (Å²) in [6.07, 6.45) is 0. The maximum absolute atomic E-state index is 11.2. The number of amides is 1. The molecule has 0 aliphatic rings. The molecular weight excluding hydrogens is 324 g/mol. The summed E-state index contributed by atoms with van der Waals surface area (Å²) in [4.78, 5) is 11.2. The van der Waals surface area contributed by atoms with Gasteiger partial charge in [0.25, 0.3) is 5.91 Å². The summed E-state index contributed by atoms with van der Waals surface area (Å²) in [7, 11) is 1.57. The minimum atomic E-state index is -0.170. The highest BCUT2D eigenvalue weighted by Crippen LogP contribution is 2.28. The van der Waals surface area contributed by atoms with Gasteiger partial charge < -0.3 is 5.32 Å². The second kappa shape index (κ2) is 4.48. The highest BCUT2D eigenvalue weighted by molar-refractivity contribution is 14.1. The van der Waals surface area contributed by atoms with E-state index in [0.717, 1.165) is 3.57 Å². The van der Waals surface area contributed by atoms with Crippen LogP contribution in [0.5, 0.6) is 0 Å². The van der Waals surface area contributed by atoms with E-state index in [0.29, 0.717) is 15.6 Å². The van der Waals surface area contributed by atoms with Crippen LogP contribution in [0.15, 0.2) is 12.1 Å². The van der Waals surface area contributed by atoms with Gasteiger partial charge in [0, 0.05) is 16.2 Å². The number of hydrogen-bond acceptors (Lipinski definition) is 1. The van der Waals surface area contributed by atoms with Gasteiger partial charge in [-0.3, -0.25) is 4.79 Å². The van der Waals surface area contributed by atoms with Gasteiger partial charge in [-0.2, -0.15) is 0 Å². The summed E-state index contributed by atoms with van der Waals surface area (Å²) in [5.74, 6) is -0.170. The minimum Gasteiger partial charge on any atom is -0.355 e. The summed E-state index contributed by atoms with van der Waals surface area (Å²) < 4.78 is 0.769. The quantitative estimate of drug-likeness (QED) is 0.623. The maximum Gasteiger partial charge on any atom is 0.251 e. The predicted octanol–water partition coefficient (Wildman–Crippen LogP) is 2.96. The molecule has 0 bridgehead atoms. The first kappa shape index (κ1) is 11.1. The average Bonchev–Trinajstić information content (AvgIpc) is 2.12. The fourth-order valence-electron chi connectivity index (χ4n) is 0.831. The Hall–Kier alpha value is -0.000000000000000111.